The summed E-state index contributed by atoms with van der Waals surface area (Å²) in [5.74, 6) is 0.818. The summed E-state index contributed by atoms with van der Waals surface area (Å²) in [7, 11) is 0.806. The van der Waals surface area contributed by atoms with Gasteiger partial charge >= 0.3 is 0 Å². The fraction of sp³-hybridized carbons (Fsp3) is 0.647. The molecule has 0 aliphatic carbocycles. The van der Waals surface area contributed by atoms with E-state index in [9.17, 15) is 0 Å². The molecule has 0 N–H and O–H groups in total. The molecule has 24 heavy (non-hydrogen) atoms. The van der Waals surface area contributed by atoms with E-state index in [1.54, 1.807) is 11.5 Å². The van der Waals surface area contributed by atoms with Crippen LogP contribution in [-0.2, 0) is 20.3 Å². The predicted molar refractivity (Wildman–Crippen MR) is 105 cm³/mol. The zero-order valence-electron chi connectivity index (χ0n) is 14.7. The van der Waals surface area contributed by atoms with Crippen molar-refractivity contribution in [1.29, 1.82) is 0 Å². The van der Waals surface area contributed by atoms with E-state index in [-0.39, 0.29) is 6.10 Å². The molecule has 0 bridgehead atoms. The molecule has 4 nitrogen and oxygen atoms in total. The lowest BCUT2D eigenvalue weighted by Gasteiger charge is -2.13. The number of ether oxygens (including phenoxy) is 3. The monoisotopic (exact) mass is 434 g/mol. The Hall–Kier alpha value is -0.0531. The molecule has 0 amide bonds. The van der Waals surface area contributed by atoms with Crippen LogP contribution < -0.4 is 4.74 Å². The maximum absolute atomic E-state index is 5.79. The van der Waals surface area contributed by atoms with Crippen molar-refractivity contribution in [1.82, 2.24) is 0 Å². The Morgan fingerprint density at radius 2 is 2.08 bits per heavy atom. The molecule has 0 aromatic heterocycles. The minimum atomic E-state index is 0.115. The summed E-state index contributed by atoms with van der Waals surface area (Å²) in [4.78, 5) is 0. The first-order valence-corrected chi connectivity index (χ1v) is 11.8. The summed E-state index contributed by atoms with van der Waals surface area (Å²) in [6, 6.07) is 7.22. The highest BCUT2D eigenvalue weighted by Gasteiger charge is 2.05. The lowest BCUT2D eigenvalue weighted by atomic mass is 10.2. The van der Waals surface area contributed by atoms with E-state index in [4.69, 9.17) is 18.4 Å². The highest BCUT2D eigenvalue weighted by atomic mass is 79.9. The van der Waals surface area contributed by atoms with E-state index in [0.717, 1.165) is 24.5 Å². The molecule has 136 valence electrons. The molecule has 0 aliphatic heterocycles. The lowest BCUT2D eigenvalue weighted by molar-refractivity contribution is -0.00716. The lowest BCUT2D eigenvalue weighted by Crippen LogP contribution is -2.15. The van der Waals surface area contributed by atoms with Gasteiger partial charge in [0.05, 0.1) is 30.4 Å². The van der Waals surface area contributed by atoms with Gasteiger partial charge in [-0.05, 0) is 65.0 Å². The molecule has 0 unspecified atom stereocenters. The molecule has 0 saturated heterocycles. The largest absolute Gasteiger partial charge is 0.490 e. The normalized spacial score (nSPS) is 12.3. The van der Waals surface area contributed by atoms with Crippen molar-refractivity contribution >= 4 is 36.1 Å². The number of hydrogen-bond donors (Lipinski definition) is 0. The highest BCUT2D eigenvalue weighted by molar-refractivity contribution is 9.10. The van der Waals surface area contributed by atoms with Crippen molar-refractivity contribution < 1.29 is 18.4 Å². The Morgan fingerprint density at radius 3 is 2.83 bits per heavy atom. The third-order valence-corrected chi connectivity index (χ3v) is 6.04. The van der Waals surface area contributed by atoms with Crippen LogP contribution in [0.25, 0.3) is 0 Å². The van der Waals surface area contributed by atoms with E-state index in [0.29, 0.717) is 33.0 Å². The van der Waals surface area contributed by atoms with Crippen molar-refractivity contribution in [3.8, 4) is 5.75 Å². The van der Waals surface area contributed by atoms with Gasteiger partial charge in [0.1, 0.15) is 12.4 Å². The van der Waals surface area contributed by atoms with E-state index >= 15 is 0 Å². The molecular formula is C17H27BrO4SSi. The smallest absolute Gasteiger partial charge is 0.163 e. The highest BCUT2D eigenvalue weighted by Crippen LogP contribution is 2.26. The van der Waals surface area contributed by atoms with Gasteiger partial charge in [-0.15, -0.1) is 0 Å². The molecule has 7 heteroatoms. The van der Waals surface area contributed by atoms with Crippen molar-refractivity contribution in [2.24, 2.45) is 0 Å². The summed E-state index contributed by atoms with van der Waals surface area (Å²) in [5, 5.41) is 0. The van der Waals surface area contributed by atoms with Gasteiger partial charge in [0.15, 0.2) is 8.67 Å². The Kier molecular flexibility index (Phi) is 13.0. The molecule has 1 aromatic carbocycles. The second-order valence-corrected chi connectivity index (χ2v) is 8.61. The van der Waals surface area contributed by atoms with Gasteiger partial charge in [0.25, 0.3) is 0 Å². The summed E-state index contributed by atoms with van der Waals surface area (Å²) in [6.07, 6.45) is 1.32. The van der Waals surface area contributed by atoms with E-state index < -0.39 is 0 Å². The fourth-order valence-electron chi connectivity index (χ4n) is 1.84. The number of rotatable bonds is 14. The van der Waals surface area contributed by atoms with E-state index in [1.807, 2.05) is 32.0 Å². The fourth-order valence-corrected chi connectivity index (χ4v) is 4.08. The molecule has 1 aromatic rings. The zero-order valence-corrected chi connectivity index (χ0v) is 18.1. The van der Waals surface area contributed by atoms with Crippen LogP contribution in [0.5, 0.6) is 5.75 Å². The second kappa shape index (κ2) is 14.2. The molecule has 0 heterocycles. The molecule has 2 radical (unpaired) electrons. The van der Waals surface area contributed by atoms with Gasteiger partial charge in [-0.1, -0.05) is 19.4 Å². The first-order chi connectivity index (χ1) is 11.7. The summed E-state index contributed by atoms with van der Waals surface area (Å²) in [5.41, 5.74) is 1.08. The topological polar surface area (TPSA) is 36.9 Å². The first kappa shape index (κ1) is 22.0. The van der Waals surface area contributed by atoms with Crippen LogP contribution in [0.4, 0.5) is 0 Å². The van der Waals surface area contributed by atoms with Crippen molar-refractivity contribution in [3.05, 3.63) is 28.2 Å². The minimum absolute atomic E-state index is 0.115. The average molecular weight is 435 g/mol. The van der Waals surface area contributed by atoms with Crippen LogP contribution in [-0.4, -0.2) is 41.2 Å². The third kappa shape index (κ3) is 10.1. The first-order valence-electron chi connectivity index (χ1n) is 8.29. The average Bonchev–Trinajstić information content (AvgIpc) is 2.57. The molecule has 0 fully saturated rings. The molecule has 0 spiro atoms. The number of benzene rings is 1. The van der Waals surface area contributed by atoms with Crippen LogP contribution in [0.15, 0.2) is 22.7 Å². The van der Waals surface area contributed by atoms with Gasteiger partial charge in [-0.3, -0.25) is 0 Å². The van der Waals surface area contributed by atoms with Gasteiger partial charge < -0.3 is 18.4 Å². The maximum Gasteiger partial charge on any atom is 0.163 e. The van der Waals surface area contributed by atoms with Crippen LogP contribution in [0.2, 0.25) is 6.04 Å². The van der Waals surface area contributed by atoms with Crippen molar-refractivity contribution in [2.45, 2.75) is 45.9 Å². The van der Waals surface area contributed by atoms with Crippen LogP contribution in [0.1, 0.15) is 32.8 Å². The van der Waals surface area contributed by atoms with Crippen molar-refractivity contribution in [2.75, 3.05) is 26.4 Å². The Bertz CT molecular complexity index is 451. The van der Waals surface area contributed by atoms with Crippen LogP contribution in [0.3, 0.4) is 0 Å². The maximum atomic E-state index is 5.79. The quantitative estimate of drug-likeness (QED) is 0.237. The Morgan fingerprint density at radius 1 is 1.25 bits per heavy atom. The molecule has 0 saturated carbocycles. The number of hydrogen-bond acceptors (Lipinski definition) is 5. The van der Waals surface area contributed by atoms with Gasteiger partial charge in [0, 0.05) is 6.61 Å². The van der Waals surface area contributed by atoms with Gasteiger partial charge in [0.2, 0.25) is 0 Å². The molecule has 1 atom stereocenters. The predicted octanol–water partition coefficient (Wildman–Crippen LogP) is 4.88. The third-order valence-electron chi connectivity index (χ3n) is 2.96. The van der Waals surface area contributed by atoms with E-state index in [1.165, 1.54) is 12.5 Å². The Labute approximate surface area is 160 Å². The Balaban J connectivity index is 2.29. The second-order valence-electron chi connectivity index (χ2n) is 5.19. The molecule has 1 rings (SSSR count). The molecule has 0 aliphatic rings. The summed E-state index contributed by atoms with van der Waals surface area (Å²) >= 11 is 5.06. The van der Waals surface area contributed by atoms with Crippen LogP contribution >= 0.6 is 27.4 Å². The summed E-state index contributed by atoms with van der Waals surface area (Å²) in [6.45, 7) is 9.14. The van der Waals surface area contributed by atoms with Crippen LogP contribution in [0, 0.1) is 0 Å². The SMILES string of the molecule is CCC[Si]SOCCOc1cc(COC[C@@H](C)OCC)ccc1Br. The van der Waals surface area contributed by atoms with E-state index in [2.05, 4.69) is 22.9 Å². The standard InChI is InChI=1S/C17H27BrO4SSi/c1-4-10-24-23-22-9-8-21-17-11-15(6-7-16(17)18)13-19-12-14(3)20-5-2/h6-7,11,14H,4-5,8-10,12-13H2,1-3H3/t14-/m1/s1. The minimum Gasteiger partial charge on any atom is -0.490 e. The van der Waals surface area contributed by atoms with Gasteiger partial charge in [-0.25, -0.2) is 0 Å². The zero-order chi connectivity index (χ0) is 17.6. The van der Waals surface area contributed by atoms with Crippen molar-refractivity contribution in [3.63, 3.8) is 0 Å². The summed E-state index contributed by atoms with van der Waals surface area (Å²) < 4.78 is 23.4. The molecular weight excluding hydrogens is 408 g/mol. The number of halogens is 1. The van der Waals surface area contributed by atoms with Gasteiger partial charge in [-0.2, -0.15) is 0 Å².